The Hall–Kier alpha value is -2.19. The van der Waals surface area contributed by atoms with Gasteiger partial charge < -0.3 is 10.1 Å². The summed E-state index contributed by atoms with van der Waals surface area (Å²) in [4.78, 5) is 12.9. The number of rotatable bonds is 5. The molecule has 28 heavy (non-hydrogen) atoms. The molecule has 1 N–H and O–H groups in total. The summed E-state index contributed by atoms with van der Waals surface area (Å²) in [6.45, 7) is 0.353. The van der Waals surface area contributed by atoms with Gasteiger partial charge in [0.05, 0.1) is 5.69 Å². The van der Waals surface area contributed by atoms with Gasteiger partial charge in [-0.15, -0.1) is 0 Å². The van der Waals surface area contributed by atoms with E-state index in [0.717, 1.165) is 17.3 Å². The molecule has 8 heteroatoms. The third-order valence-electron chi connectivity index (χ3n) is 5.64. The number of amides is 1. The zero-order valence-corrected chi connectivity index (χ0v) is 16.7. The van der Waals surface area contributed by atoms with Crippen molar-refractivity contribution in [2.24, 2.45) is 5.92 Å². The number of sulfonamides is 1. The molecule has 0 spiro atoms. The van der Waals surface area contributed by atoms with Crippen molar-refractivity contribution in [2.45, 2.75) is 17.3 Å². The molecule has 3 fully saturated rings. The average molecular weight is 417 g/mol. The fourth-order valence-corrected chi connectivity index (χ4v) is 6.82. The fraction of sp³-hybridized carbons (Fsp3) is 0.350. The Morgan fingerprint density at radius 3 is 2.46 bits per heavy atom. The lowest BCUT2D eigenvalue weighted by Gasteiger charge is -2.26. The first-order valence-corrected chi connectivity index (χ1v) is 11.8. The molecule has 2 aromatic rings. The molecule has 1 aliphatic carbocycles. The van der Waals surface area contributed by atoms with Gasteiger partial charge in [0.2, 0.25) is 15.9 Å². The van der Waals surface area contributed by atoms with Gasteiger partial charge in [-0.3, -0.25) is 9.10 Å². The molecule has 0 aromatic heterocycles. The van der Waals surface area contributed by atoms with Gasteiger partial charge in [-0.1, -0.05) is 18.2 Å². The first-order valence-electron chi connectivity index (χ1n) is 9.24. The number of para-hydroxylation sites is 1. The number of hydrogen-bond acceptors (Lipinski definition) is 5. The van der Waals surface area contributed by atoms with E-state index in [2.05, 4.69) is 5.32 Å². The quantitative estimate of drug-likeness (QED) is 0.811. The lowest BCUT2D eigenvalue weighted by Crippen LogP contribution is -2.42. The van der Waals surface area contributed by atoms with E-state index >= 15 is 0 Å². The van der Waals surface area contributed by atoms with E-state index in [1.165, 1.54) is 4.31 Å². The summed E-state index contributed by atoms with van der Waals surface area (Å²) in [5.74, 6) is 2.14. The second-order valence-corrected chi connectivity index (χ2v) is 10.6. The summed E-state index contributed by atoms with van der Waals surface area (Å²) in [5, 5.41) is 2.80. The summed E-state index contributed by atoms with van der Waals surface area (Å²) < 4.78 is 32.1. The van der Waals surface area contributed by atoms with Gasteiger partial charge in [-0.25, -0.2) is 8.42 Å². The van der Waals surface area contributed by atoms with Crippen LogP contribution in [0, 0.1) is 5.92 Å². The molecule has 0 bridgehead atoms. The Labute approximate surface area is 168 Å². The van der Waals surface area contributed by atoms with Crippen LogP contribution in [0.15, 0.2) is 54.6 Å². The number of nitrogens with one attached hydrogen (secondary N) is 1. The second-order valence-electron chi connectivity index (χ2n) is 7.42. The number of ether oxygens (including phenoxy) is 1. The van der Waals surface area contributed by atoms with Gasteiger partial charge in [-0.05, 0) is 42.8 Å². The summed E-state index contributed by atoms with van der Waals surface area (Å²) in [6, 6.07) is 16.1. The minimum Gasteiger partial charge on any atom is -0.489 e. The first kappa shape index (κ1) is 17.9. The van der Waals surface area contributed by atoms with Crippen molar-refractivity contribution in [3.05, 3.63) is 54.6 Å². The van der Waals surface area contributed by atoms with E-state index in [-0.39, 0.29) is 12.0 Å². The van der Waals surface area contributed by atoms with Crippen LogP contribution >= 0.6 is 11.8 Å². The highest BCUT2D eigenvalue weighted by atomic mass is 32.2. The molecule has 1 amide bonds. The van der Waals surface area contributed by atoms with E-state index in [0.29, 0.717) is 24.3 Å². The maximum Gasteiger partial charge on any atom is 0.250 e. The van der Waals surface area contributed by atoms with E-state index in [9.17, 15) is 13.2 Å². The number of nitrogens with zero attached hydrogens (tertiary/aromatic N) is 1. The number of carbonyl (C=O) groups excluding carboxylic acids is 1. The number of hydrogen-bond donors (Lipinski definition) is 1. The van der Waals surface area contributed by atoms with Crippen molar-refractivity contribution in [1.82, 2.24) is 0 Å². The van der Waals surface area contributed by atoms with Gasteiger partial charge >= 0.3 is 0 Å². The molecule has 2 saturated heterocycles. The van der Waals surface area contributed by atoms with Crippen molar-refractivity contribution in [2.75, 3.05) is 27.7 Å². The van der Waals surface area contributed by atoms with E-state index in [1.54, 1.807) is 48.5 Å². The molecule has 3 aliphatic rings. The standard InChI is InChI=1S/C20H20N2O4S2/c23-19(21-15-6-8-17(9-7-15)26-18-12-27-13-18)20-10-14(20)11-22(28(20,24)25)16-4-2-1-3-5-16/h1-9,14,18H,10-13H2,(H,21,23)/t14-,20-/m1/s1. The molecule has 2 aliphatic heterocycles. The Morgan fingerprint density at radius 2 is 1.82 bits per heavy atom. The molecule has 2 heterocycles. The van der Waals surface area contributed by atoms with Crippen LogP contribution in [0.1, 0.15) is 6.42 Å². The monoisotopic (exact) mass is 416 g/mol. The summed E-state index contributed by atoms with van der Waals surface area (Å²) in [6.07, 6.45) is 0.634. The number of anilines is 2. The van der Waals surface area contributed by atoms with E-state index < -0.39 is 20.7 Å². The lowest BCUT2D eigenvalue weighted by atomic mass is 10.2. The van der Waals surface area contributed by atoms with Gasteiger partial charge in [0.1, 0.15) is 11.9 Å². The zero-order valence-electron chi connectivity index (χ0n) is 15.1. The molecule has 2 atom stereocenters. The third-order valence-corrected chi connectivity index (χ3v) is 9.40. The Kier molecular flexibility index (Phi) is 4.10. The second kappa shape index (κ2) is 6.42. The average Bonchev–Trinajstić information content (AvgIpc) is 3.36. The van der Waals surface area contributed by atoms with Crippen LogP contribution in [0.25, 0.3) is 0 Å². The van der Waals surface area contributed by atoms with Crippen molar-refractivity contribution in [1.29, 1.82) is 0 Å². The van der Waals surface area contributed by atoms with Crippen LogP contribution in [-0.2, 0) is 14.8 Å². The molecule has 2 aromatic carbocycles. The Morgan fingerprint density at radius 1 is 1.11 bits per heavy atom. The summed E-state index contributed by atoms with van der Waals surface area (Å²) in [5.41, 5.74) is 1.19. The summed E-state index contributed by atoms with van der Waals surface area (Å²) in [7, 11) is -3.75. The number of fused-ring (bicyclic) bond motifs is 1. The van der Waals surface area contributed by atoms with Crippen LogP contribution in [0.4, 0.5) is 11.4 Å². The SMILES string of the molecule is O=C(Nc1ccc(OC2CSC2)cc1)[C@@]12C[C@@H]1CN(c1ccccc1)S2(=O)=O. The van der Waals surface area contributed by atoms with Gasteiger partial charge in [0.25, 0.3) is 0 Å². The summed E-state index contributed by atoms with van der Waals surface area (Å²) >= 11 is 1.85. The highest BCUT2D eigenvalue weighted by molar-refractivity contribution is 8.00. The van der Waals surface area contributed by atoms with Crippen molar-refractivity contribution >= 4 is 39.1 Å². The molecular weight excluding hydrogens is 396 g/mol. The fourth-order valence-electron chi connectivity index (χ4n) is 3.89. The Balaban J connectivity index is 1.32. The first-order chi connectivity index (χ1) is 13.5. The molecule has 1 saturated carbocycles. The highest BCUT2D eigenvalue weighted by Gasteiger charge is 2.75. The van der Waals surface area contributed by atoms with Crippen molar-refractivity contribution in [3.8, 4) is 5.75 Å². The van der Waals surface area contributed by atoms with Crippen molar-refractivity contribution in [3.63, 3.8) is 0 Å². The minimum absolute atomic E-state index is 0.170. The number of benzene rings is 2. The Bertz CT molecular complexity index is 1010. The van der Waals surface area contributed by atoms with Crippen LogP contribution < -0.4 is 14.4 Å². The molecule has 146 valence electrons. The highest BCUT2D eigenvalue weighted by Crippen LogP contribution is 2.58. The molecule has 6 nitrogen and oxygen atoms in total. The molecule has 0 unspecified atom stereocenters. The maximum absolute atomic E-state index is 13.1. The zero-order chi connectivity index (χ0) is 19.4. The van der Waals surface area contributed by atoms with Crippen LogP contribution in [0.2, 0.25) is 0 Å². The topological polar surface area (TPSA) is 75.7 Å². The number of carbonyl (C=O) groups is 1. The number of thioether (sulfide) groups is 1. The maximum atomic E-state index is 13.1. The molecule has 0 radical (unpaired) electrons. The predicted octanol–water partition coefficient (Wildman–Crippen LogP) is 2.73. The lowest BCUT2D eigenvalue weighted by molar-refractivity contribution is -0.116. The smallest absolute Gasteiger partial charge is 0.250 e. The minimum atomic E-state index is -3.75. The molecular formula is C20H20N2O4S2. The van der Waals surface area contributed by atoms with E-state index in [4.69, 9.17) is 4.74 Å². The van der Waals surface area contributed by atoms with Gasteiger partial charge in [-0.2, -0.15) is 11.8 Å². The normalized spacial score (nSPS) is 27.6. The van der Waals surface area contributed by atoms with Crippen LogP contribution in [0.5, 0.6) is 5.75 Å². The van der Waals surface area contributed by atoms with Gasteiger partial charge in [0.15, 0.2) is 4.75 Å². The van der Waals surface area contributed by atoms with Crippen LogP contribution in [-0.4, -0.2) is 43.2 Å². The van der Waals surface area contributed by atoms with Gasteiger partial charge in [0, 0.05) is 29.7 Å². The third kappa shape index (κ3) is 2.69. The van der Waals surface area contributed by atoms with E-state index in [1.807, 2.05) is 17.8 Å². The largest absolute Gasteiger partial charge is 0.489 e. The van der Waals surface area contributed by atoms with Crippen LogP contribution in [0.3, 0.4) is 0 Å². The van der Waals surface area contributed by atoms with Crippen molar-refractivity contribution < 1.29 is 17.9 Å². The predicted molar refractivity (Wildman–Crippen MR) is 110 cm³/mol. The molecule has 5 rings (SSSR count).